The first-order chi connectivity index (χ1) is 24.3. The molecule has 14 nitrogen and oxygen atoms in total. The lowest BCUT2D eigenvalue weighted by Gasteiger charge is -2.30. The van der Waals surface area contributed by atoms with E-state index in [1.807, 2.05) is 80.8 Å². The zero-order chi connectivity index (χ0) is 37.5. The minimum atomic E-state index is -1.10. The molecule has 1 heterocycles. The Labute approximate surface area is 303 Å². The van der Waals surface area contributed by atoms with Crippen LogP contribution in [0, 0.1) is 5.92 Å². The third-order valence-electron chi connectivity index (χ3n) is 8.56. The van der Waals surface area contributed by atoms with Crippen molar-refractivity contribution in [1.82, 2.24) is 31.6 Å². The number of hydrazine groups is 1. The highest BCUT2D eigenvalue weighted by Gasteiger charge is 2.41. The van der Waals surface area contributed by atoms with Crippen molar-refractivity contribution >= 4 is 47.2 Å². The Morgan fingerprint density at radius 3 is 1.82 bits per heavy atom. The van der Waals surface area contributed by atoms with Crippen LogP contribution < -0.4 is 38.3 Å². The molecule has 1 saturated heterocycles. The van der Waals surface area contributed by atoms with Crippen LogP contribution in [0.3, 0.4) is 0 Å². The molecule has 15 heteroatoms. The summed E-state index contributed by atoms with van der Waals surface area (Å²) in [7, 11) is 0. The van der Waals surface area contributed by atoms with Crippen LogP contribution >= 0.6 is 11.8 Å². The smallest absolute Gasteiger partial charge is 0.256 e. The molecule has 6 atom stereocenters. The molecule has 0 bridgehead atoms. The van der Waals surface area contributed by atoms with Crippen molar-refractivity contribution in [2.75, 3.05) is 18.6 Å². The molecule has 1 fully saturated rings. The number of amides is 6. The van der Waals surface area contributed by atoms with E-state index in [0.29, 0.717) is 18.6 Å². The van der Waals surface area contributed by atoms with E-state index in [0.717, 1.165) is 11.1 Å². The Kier molecular flexibility index (Phi) is 16.4. The highest BCUT2D eigenvalue weighted by molar-refractivity contribution is 7.98. The second kappa shape index (κ2) is 20.4. The number of nitrogens with zero attached hydrogens (tertiary/aromatic N) is 1. The van der Waals surface area contributed by atoms with Gasteiger partial charge < -0.3 is 31.9 Å². The van der Waals surface area contributed by atoms with Crippen molar-refractivity contribution < 1.29 is 28.8 Å². The number of carbonyl (C=O) groups excluding carboxylic acids is 6. The minimum absolute atomic E-state index is 0.0345. The van der Waals surface area contributed by atoms with E-state index in [9.17, 15) is 28.8 Å². The Balaban J connectivity index is 1.80. The molecule has 51 heavy (non-hydrogen) atoms. The van der Waals surface area contributed by atoms with Gasteiger partial charge in [0.25, 0.3) is 5.91 Å². The van der Waals surface area contributed by atoms with E-state index in [-0.39, 0.29) is 31.7 Å². The summed E-state index contributed by atoms with van der Waals surface area (Å²) in [6.45, 7) is 5.56. The first-order valence-electron chi connectivity index (χ1n) is 17.2. The molecule has 0 aliphatic carbocycles. The van der Waals surface area contributed by atoms with Gasteiger partial charge in [-0.1, -0.05) is 74.5 Å². The number of hydrogen-bond donors (Lipinski definition) is 7. The number of hydrogen-bond acceptors (Lipinski definition) is 9. The molecule has 9 N–H and O–H groups in total. The van der Waals surface area contributed by atoms with E-state index in [2.05, 4.69) is 26.7 Å². The maximum atomic E-state index is 13.9. The molecular weight excluding hydrogens is 673 g/mol. The molecule has 2 aromatic carbocycles. The highest BCUT2D eigenvalue weighted by atomic mass is 32.2. The lowest BCUT2D eigenvalue weighted by Crippen LogP contribution is -2.58. The quantitative estimate of drug-likeness (QED) is 0.0595. The van der Waals surface area contributed by atoms with E-state index < -0.39 is 71.7 Å². The first kappa shape index (κ1) is 41.0. The van der Waals surface area contributed by atoms with Gasteiger partial charge in [-0.2, -0.15) is 11.8 Å². The molecule has 2 aromatic rings. The standard InChI is InChI=1S/C36H52N8O6S/c1-22(2)19-30(35(49)39-26(16-18-51-4)34(48)43-38)44-17-15-27(36(44)50)40-32(46)29(21-25-13-9-6-10-14-25)42-33(47)28(41-31(45)23(3)37)20-24-11-7-5-8-12-24/h5-14,22-23,26-30H,15-21,37-38H2,1-4H3,(H,39,49)(H,40,46)(H,41,45)(H,42,47)(H,43,48)/t23-,26+,27-,28+,29+,30+/m1/s1. The van der Waals surface area contributed by atoms with Gasteiger partial charge >= 0.3 is 0 Å². The van der Waals surface area contributed by atoms with Crippen LogP contribution in [0.4, 0.5) is 0 Å². The molecule has 0 saturated carbocycles. The van der Waals surface area contributed by atoms with Crippen molar-refractivity contribution in [2.24, 2.45) is 17.5 Å². The summed E-state index contributed by atoms with van der Waals surface area (Å²) in [6.07, 6.45) is 3.08. The van der Waals surface area contributed by atoms with Crippen LogP contribution in [-0.4, -0.2) is 95.1 Å². The van der Waals surface area contributed by atoms with Crippen molar-refractivity contribution in [1.29, 1.82) is 0 Å². The fraction of sp³-hybridized carbons (Fsp3) is 0.500. The van der Waals surface area contributed by atoms with E-state index >= 15 is 0 Å². The summed E-state index contributed by atoms with van der Waals surface area (Å²) in [5, 5.41) is 11.1. The summed E-state index contributed by atoms with van der Waals surface area (Å²) in [4.78, 5) is 81.4. The van der Waals surface area contributed by atoms with Gasteiger partial charge in [0.2, 0.25) is 29.5 Å². The predicted molar refractivity (Wildman–Crippen MR) is 197 cm³/mol. The second-order valence-electron chi connectivity index (χ2n) is 13.2. The number of thioether (sulfide) groups is 1. The van der Waals surface area contributed by atoms with Gasteiger partial charge in [0.1, 0.15) is 30.2 Å². The Morgan fingerprint density at radius 2 is 1.31 bits per heavy atom. The van der Waals surface area contributed by atoms with Crippen LogP contribution in [-0.2, 0) is 41.6 Å². The Morgan fingerprint density at radius 1 is 0.784 bits per heavy atom. The third-order valence-corrected chi connectivity index (χ3v) is 9.20. The van der Waals surface area contributed by atoms with Gasteiger partial charge in [0.15, 0.2) is 0 Å². The number of nitrogens with one attached hydrogen (secondary N) is 5. The van der Waals surface area contributed by atoms with Crippen LogP contribution in [0.5, 0.6) is 0 Å². The lowest BCUT2D eigenvalue weighted by molar-refractivity contribution is -0.141. The molecule has 0 radical (unpaired) electrons. The summed E-state index contributed by atoms with van der Waals surface area (Å²) in [6, 6.07) is 12.5. The van der Waals surface area contributed by atoms with Crippen molar-refractivity contribution in [2.45, 2.75) is 89.1 Å². The topological polar surface area (TPSA) is 218 Å². The fourth-order valence-electron chi connectivity index (χ4n) is 5.81. The second-order valence-corrected chi connectivity index (χ2v) is 14.2. The predicted octanol–water partition coefficient (Wildman–Crippen LogP) is 0.148. The van der Waals surface area contributed by atoms with Crippen molar-refractivity contribution in [3.63, 3.8) is 0 Å². The molecule has 1 aliphatic heterocycles. The first-order valence-corrected chi connectivity index (χ1v) is 18.6. The summed E-state index contributed by atoms with van der Waals surface area (Å²) >= 11 is 1.52. The Hall–Kier alpha value is -4.47. The number of nitrogens with two attached hydrogens (primary N) is 2. The monoisotopic (exact) mass is 724 g/mol. The third kappa shape index (κ3) is 12.7. The molecule has 3 rings (SSSR count). The number of likely N-dealkylation sites (tertiary alicyclic amines) is 1. The zero-order valence-corrected chi connectivity index (χ0v) is 30.5. The maximum Gasteiger partial charge on any atom is 0.256 e. The molecule has 1 aliphatic rings. The average Bonchev–Trinajstić information content (AvgIpc) is 3.47. The normalized spacial score (nSPS) is 17.1. The van der Waals surface area contributed by atoms with Crippen LogP contribution in [0.25, 0.3) is 0 Å². The molecular formula is C36H52N8O6S. The van der Waals surface area contributed by atoms with E-state index in [4.69, 9.17) is 11.6 Å². The van der Waals surface area contributed by atoms with Gasteiger partial charge in [-0.05, 0) is 55.2 Å². The number of rotatable bonds is 19. The molecule has 278 valence electrons. The minimum Gasteiger partial charge on any atom is -0.343 e. The molecule has 0 unspecified atom stereocenters. The van der Waals surface area contributed by atoms with Crippen molar-refractivity contribution in [3.05, 3.63) is 71.8 Å². The SMILES string of the molecule is CSCC[C@H](NC(=O)[C@H](CC(C)C)N1CC[C@@H](NC(=O)[C@H](Cc2ccccc2)NC(=O)[C@H](Cc2ccccc2)NC(=O)[C@@H](C)N)C1=O)C(=O)NN. The average molecular weight is 725 g/mol. The van der Waals surface area contributed by atoms with E-state index in [1.54, 1.807) is 0 Å². The van der Waals surface area contributed by atoms with E-state index in [1.165, 1.54) is 23.6 Å². The molecule has 0 spiro atoms. The van der Waals surface area contributed by atoms with Gasteiger partial charge in [-0.15, -0.1) is 0 Å². The summed E-state index contributed by atoms with van der Waals surface area (Å²) in [5.41, 5.74) is 9.43. The van der Waals surface area contributed by atoms with Gasteiger partial charge in [0, 0.05) is 19.4 Å². The van der Waals surface area contributed by atoms with Crippen LogP contribution in [0.2, 0.25) is 0 Å². The Bertz CT molecular complexity index is 1480. The van der Waals surface area contributed by atoms with Gasteiger partial charge in [-0.3, -0.25) is 34.2 Å². The molecule has 6 amide bonds. The number of carbonyl (C=O) groups is 6. The van der Waals surface area contributed by atoms with Gasteiger partial charge in [-0.25, -0.2) is 5.84 Å². The lowest BCUT2D eigenvalue weighted by atomic mass is 10.0. The van der Waals surface area contributed by atoms with Crippen molar-refractivity contribution in [3.8, 4) is 0 Å². The number of benzene rings is 2. The fourth-order valence-corrected chi connectivity index (χ4v) is 6.28. The zero-order valence-electron chi connectivity index (χ0n) is 29.7. The van der Waals surface area contributed by atoms with Crippen LogP contribution in [0.15, 0.2) is 60.7 Å². The van der Waals surface area contributed by atoms with Crippen LogP contribution in [0.1, 0.15) is 51.2 Å². The summed E-state index contributed by atoms with van der Waals surface area (Å²) < 4.78 is 0. The highest BCUT2D eigenvalue weighted by Crippen LogP contribution is 2.21. The maximum absolute atomic E-state index is 13.9. The summed E-state index contributed by atoms with van der Waals surface area (Å²) in [5.74, 6) is 2.85. The largest absolute Gasteiger partial charge is 0.343 e. The van der Waals surface area contributed by atoms with Gasteiger partial charge in [0.05, 0.1) is 6.04 Å². The molecule has 0 aromatic heterocycles.